The highest BCUT2D eigenvalue weighted by Crippen LogP contribution is 2.10. The van der Waals surface area contributed by atoms with Crippen LogP contribution in [0, 0.1) is 0 Å². The summed E-state index contributed by atoms with van der Waals surface area (Å²) in [4.78, 5) is 4.07. The second-order valence-corrected chi connectivity index (χ2v) is 3.87. The van der Waals surface area contributed by atoms with Crippen molar-refractivity contribution < 1.29 is 0 Å². The largest absolute Gasteiger partial charge is 0.382 e. The van der Waals surface area contributed by atoms with E-state index in [1.165, 1.54) is 0 Å². The van der Waals surface area contributed by atoms with E-state index in [2.05, 4.69) is 26.0 Å². The van der Waals surface area contributed by atoms with Crippen LogP contribution >= 0.6 is 15.9 Å². The highest BCUT2D eigenvalue weighted by atomic mass is 79.9. The van der Waals surface area contributed by atoms with Gasteiger partial charge < -0.3 is 5.73 Å². The third-order valence-corrected chi connectivity index (χ3v) is 2.20. The van der Waals surface area contributed by atoms with Crippen molar-refractivity contribution in [3.63, 3.8) is 0 Å². The van der Waals surface area contributed by atoms with Crippen molar-refractivity contribution in [1.82, 2.24) is 14.8 Å². The molecule has 0 radical (unpaired) electrons. The van der Waals surface area contributed by atoms with Gasteiger partial charge in [-0.15, -0.1) is 0 Å². The van der Waals surface area contributed by atoms with E-state index in [1.807, 2.05) is 18.5 Å². The predicted octanol–water partition coefficient (Wildman–Crippen LogP) is 1.67. The van der Waals surface area contributed by atoms with Gasteiger partial charge in [0.25, 0.3) is 0 Å². The minimum absolute atomic E-state index is 0.535. The van der Waals surface area contributed by atoms with Crippen LogP contribution < -0.4 is 5.73 Å². The monoisotopic (exact) mass is 252 g/mol. The minimum Gasteiger partial charge on any atom is -0.382 e. The van der Waals surface area contributed by atoms with Crippen LogP contribution in [0.15, 0.2) is 35.2 Å². The van der Waals surface area contributed by atoms with Crippen LogP contribution in [0.2, 0.25) is 0 Å². The van der Waals surface area contributed by atoms with Gasteiger partial charge in [0.05, 0.1) is 6.54 Å². The molecule has 2 heterocycles. The fourth-order valence-corrected chi connectivity index (χ4v) is 1.61. The SMILES string of the molecule is Nc1ccn(Cc2cncc(Br)c2)n1. The lowest BCUT2D eigenvalue weighted by Gasteiger charge is -2.01. The van der Waals surface area contributed by atoms with Crippen molar-refractivity contribution in [3.8, 4) is 0 Å². The fraction of sp³-hybridized carbons (Fsp3) is 0.111. The number of nitrogens with zero attached hydrogens (tertiary/aromatic N) is 3. The first kappa shape index (κ1) is 9.21. The average Bonchev–Trinajstić information content (AvgIpc) is 2.51. The highest BCUT2D eigenvalue weighted by Gasteiger charge is 1.98. The smallest absolute Gasteiger partial charge is 0.145 e. The highest BCUT2D eigenvalue weighted by molar-refractivity contribution is 9.10. The lowest BCUT2D eigenvalue weighted by molar-refractivity contribution is 0.688. The number of nitrogen functional groups attached to an aromatic ring is 1. The van der Waals surface area contributed by atoms with Crippen molar-refractivity contribution in [1.29, 1.82) is 0 Å². The van der Waals surface area contributed by atoms with Gasteiger partial charge in [0, 0.05) is 23.1 Å². The van der Waals surface area contributed by atoms with Gasteiger partial charge in [-0.3, -0.25) is 9.67 Å². The van der Waals surface area contributed by atoms with Crippen LogP contribution in [0.4, 0.5) is 5.82 Å². The van der Waals surface area contributed by atoms with E-state index < -0.39 is 0 Å². The van der Waals surface area contributed by atoms with Crippen molar-refractivity contribution in [2.24, 2.45) is 0 Å². The van der Waals surface area contributed by atoms with Crippen molar-refractivity contribution in [2.45, 2.75) is 6.54 Å². The first-order valence-electron chi connectivity index (χ1n) is 4.12. The number of halogens is 1. The number of hydrogen-bond acceptors (Lipinski definition) is 3. The standard InChI is InChI=1S/C9H9BrN4/c10-8-3-7(4-12-5-8)6-14-2-1-9(11)13-14/h1-5H,6H2,(H2,11,13). The maximum absolute atomic E-state index is 5.51. The molecule has 0 atom stereocenters. The maximum atomic E-state index is 5.51. The number of rotatable bonds is 2. The topological polar surface area (TPSA) is 56.7 Å². The molecular formula is C9H9BrN4. The maximum Gasteiger partial charge on any atom is 0.145 e. The number of pyridine rings is 1. The quantitative estimate of drug-likeness (QED) is 0.885. The van der Waals surface area contributed by atoms with Crippen LogP contribution in [-0.4, -0.2) is 14.8 Å². The zero-order valence-corrected chi connectivity index (χ0v) is 8.98. The molecule has 0 unspecified atom stereocenters. The molecule has 2 aromatic heterocycles. The third-order valence-electron chi connectivity index (χ3n) is 1.77. The zero-order chi connectivity index (χ0) is 9.97. The molecule has 2 rings (SSSR count). The van der Waals surface area contributed by atoms with E-state index in [0.717, 1.165) is 10.0 Å². The normalized spacial score (nSPS) is 10.4. The Balaban J connectivity index is 2.18. The van der Waals surface area contributed by atoms with Gasteiger partial charge in [0.2, 0.25) is 0 Å². The molecule has 4 nitrogen and oxygen atoms in total. The Labute approximate surface area is 89.9 Å². The Morgan fingerprint density at radius 1 is 1.43 bits per heavy atom. The molecule has 0 aromatic carbocycles. The Morgan fingerprint density at radius 2 is 2.29 bits per heavy atom. The lowest BCUT2D eigenvalue weighted by Crippen LogP contribution is -2.01. The summed E-state index contributed by atoms with van der Waals surface area (Å²) in [5.74, 6) is 0.535. The molecule has 0 saturated carbocycles. The van der Waals surface area contributed by atoms with Crippen LogP contribution in [-0.2, 0) is 6.54 Å². The Morgan fingerprint density at radius 3 is 2.93 bits per heavy atom. The van der Waals surface area contributed by atoms with Crippen LogP contribution in [0.25, 0.3) is 0 Å². The number of anilines is 1. The first-order chi connectivity index (χ1) is 6.74. The summed E-state index contributed by atoms with van der Waals surface area (Å²) in [6.45, 7) is 0.684. The van der Waals surface area contributed by atoms with Crippen LogP contribution in [0.3, 0.4) is 0 Å². The lowest BCUT2D eigenvalue weighted by atomic mass is 10.3. The van der Waals surface area contributed by atoms with Crippen molar-refractivity contribution in [2.75, 3.05) is 5.73 Å². The summed E-state index contributed by atoms with van der Waals surface area (Å²) in [5, 5.41) is 4.09. The zero-order valence-electron chi connectivity index (χ0n) is 7.39. The molecule has 0 fully saturated rings. The van der Waals surface area contributed by atoms with E-state index in [9.17, 15) is 0 Å². The second-order valence-electron chi connectivity index (χ2n) is 2.95. The molecule has 2 aromatic rings. The van der Waals surface area contributed by atoms with Crippen molar-refractivity contribution >= 4 is 21.7 Å². The van der Waals surface area contributed by atoms with Gasteiger partial charge in [-0.1, -0.05) is 0 Å². The van der Waals surface area contributed by atoms with Gasteiger partial charge in [-0.05, 0) is 33.6 Å². The molecule has 72 valence electrons. The van der Waals surface area contributed by atoms with E-state index in [1.54, 1.807) is 16.9 Å². The average molecular weight is 253 g/mol. The first-order valence-corrected chi connectivity index (χ1v) is 4.92. The summed E-state index contributed by atoms with van der Waals surface area (Å²) in [7, 11) is 0. The summed E-state index contributed by atoms with van der Waals surface area (Å²) in [6, 6.07) is 3.77. The molecule has 0 amide bonds. The molecule has 5 heteroatoms. The van der Waals surface area contributed by atoms with Crippen LogP contribution in [0.5, 0.6) is 0 Å². The Hall–Kier alpha value is -1.36. The molecule has 0 aliphatic rings. The molecule has 0 aliphatic carbocycles. The van der Waals surface area contributed by atoms with Gasteiger partial charge in [-0.25, -0.2) is 0 Å². The molecule has 2 N–H and O–H groups in total. The summed E-state index contributed by atoms with van der Waals surface area (Å²) < 4.78 is 2.74. The minimum atomic E-state index is 0.535. The fourth-order valence-electron chi connectivity index (χ4n) is 1.19. The summed E-state index contributed by atoms with van der Waals surface area (Å²) in [5.41, 5.74) is 6.59. The van der Waals surface area contributed by atoms with Crippen LogP contribution in [0.1, 0.15) is 5.56 Å². The molecule has 0 spiro atoms. The van der Waals surface area contributed by atoms with E-state index in [-0.39, 0.29) is 0 Å². The Kier molecular flexibility index (Phi) is 2.49. The second kappa shape index (κ2) is 3.79. The third kappa shape index (κ3) is 2.11. The number of hydrogen-bond donors (Lipinski definition) is 1. The number of nitrogens with two attached hydrogens (primary N) is 1. The molecule has 0 saturated heterocycles. The summed E-state index contributed by atoms with van der Waals surface area (Å²) >= 11 is 3.36. The van der Waals surface area contributed by atoms with E-state index in [4.69, 9.17) is 5.73 Å². The predicted molar refractivity (Wildman–Crippen MR) is 57.7 cm³/mol. The van der Waals surface area contributed by atoms with Gasteiger partial charge in [0.15, 0.2) is 0 Å². The van der Waals surface area contributed by atoms with Gasteiger partial charge in [0.1, 0.15) is 5.82 Å². The van der Waals surface area contributed by atoms with E-state index >= 15 is 0 Å². The van der Waals surface area contributed by atoms with Gasteiger partial charge in [-0.2, -0.15) is 5.10 Å². The molecule has 0 aliphatic heterocycles. The molecular weight excluding hydrogens is 244 g/mol. The number of aromatic nitrogens is 3. The molecule has 14 heavy (non-hydrogen) atoms. The van der Waals surface area contributed by atoms with Crippen molar-refractivity contribution in [3.05, 3.63) is 40.8 Å². The van der Waals surface area contributed by atoms with Gasteiger partial charge >= 0.3 is 0 Å². The Bertz CT molecular complexity index is 438. The summed E-state index contributed by atoms with van der Waals surface area (Å²) in [6.07, 6.45) is 5.40. The molecule has 0 bridgehead atoms. The van der Waals surface area contributed by atoms with E-state index in [0.29, 0.717) is 12.4 Å².